The van der Waals surface area contributed by atoms with Crippen molar-refractivity contribution in [1.29, 1.82) is 0 Å². The van der Waals surface area contributed by atoms with E-state index in [9.17, 15) is 14.4 Å². The van der Waals surface area contributed by atoms with Gasteiger partial charge in [-0.1, -0.05) is 66.8 Å². The number of unbranched alkanes of at least 4 members (excludes halogenated alkanes) is 1. The summed E-state index contributed by atoms with van der Waals surface area (Å²) in [6, 6.07) is 8.50. The van der Waals surface area contributed by atoms with Crippen LogP contribution in [0.3, 0.4) is 0 Å². The number of benzene rings is 1. The van der Waals surface area contributed by atoms with E-state index in [0.29, 0.717) is 25.8 Å². The molecule has 0 aliphatic rings. The highest BCUT2D eigenvalue weighted by Crippen LogP contribution is 2.08. The average Bonchev–Trinajstić information content (AvgIpc) is 2.72. The molecule has 0 aromatic heterocycles. The van der Waals surface area contributed by atoms with E-state index in [-0.39, 0.29) is 28.5 Å². The van der Waals surface area contributed by atoms with Crippen LogP contribution in [0.4, 0.5) is 0 Å². The zero-order chi connectivity index (χ0) is 23.2. The lowest BCUT2D eigenvalue weighted by molar-refractivity contribution is -0.149. The van der Waals surface area contributed by atoms with E-state index in [0.717, 1.165) is 12.0 Å². The van der Waals surface area contributed by atoms with Crippen molar-refractivity contribution in [3.63, 3.8) is 0 Å². The number of carbonyl (C=O) groups is 3. The van der Waals surface area contributed by atoms with Crippen molar-refractivity contribution in [3.05, 3.63) is 35.9 Å². The molecular weight excluding hydrogens is 511 g/mol. The molecule has 1 aromatic rings. The van der Waals surface area contributed by atoms with Gasteiger partial charge in [0.1, 0.15) is 6.04 Å². The molecule has 31 heavy (non-hydrogen) atoms. The number of carbonyl (C=O) groups excluding carboxylic acids is 3. The lowest BCUT2D eigenvalue weighted by atomic mass is 10.0. The first kappa shape index (κ1) is 27.3. The van der Waals surface area contributed by atoms with Crippen molar-refractivity contribution in [2.24, 2.45) is 11.7 Å². The molecule has 1 rings (SSSR count). The van der Waals surface area contributed by atoms with Crippen molar-refractivity contribution in [3.8, 4) is 0 Å². The molecule has 0 fully saturated rings. The van der Waals surface area contributed by atoms with E-state index in [1.807, 2.05) is 37.3 Å². The lowest BCUT2D eigenvalue weighted by Gasteiger charge is -2.24. The predicted octanol–water partition coefficient (Wildman–Crippen LogP) is 1.86. The Morgan fingerprint density at radius 3 is 2.29 bits per heavy atom. The van der Waals surface area contributed by atoms with Gasteiger partial charge in [0, 0.05) is 0 Å². The maximum Gasteiger partial charge on any atom is 0.310 e. The summed E-state index contributed by atoms with van der Waals surface area (Å²) in [4.78, 5) is 37.3. The number of hydrogen-bond acceptors (Lipinski definition) is 6. The van der Waals surface area contributed by atoms with Crippen LogP contribution in [-0.2, 0) is 25.5 Å². The SMILES string of the molecule is CC(I)N[C@@H](Cc1ccccc1)C(=O)N[C@@H](CCCCN)C(=O)NCOC(=O)C(C)C. The van der Waals surface area contributed by atoms with Crippen LogP contribution in [0.5, 0.6) is 0 Å². The molecule has 8 nitrogen and oxygen atoms in total. The summed E-state index contributed by atoms with van der Waals surface area (Å²) in [5.41, 5.74) is 6.59. The van der Waals surface area contributed by atoms with Crippen LogP contribution in [0.25, 0.3) is 0 Å². The smallest absolute Gasteiger partial charge is 0.310 e. The van der Waals surface area contributed by atoms with Gasteiger partial charge >= 0.3 is 5.97 Å². The molecule has 1 unspecified atom stereocenters. The zero-order valence-electron chi connectivity index (χ0n) is 18.5. The highest BCUT2D eigenvalue weighted by molar-refractivity contribution is 14.1. The van der Waals surface area contributed by atoms with E-state index in [2.05, 4.69) is 38.5 Å². The minimum atomic E-state index is -0.735. The molecule has 0 spiro atoms. The predicted molar refractivity (Wildman–Crippen MR) is 129 cm³/mol. The van der Waals surface area contributed by atoms with Crippen molar-refractivity contribution in [1.82, 2.24) is 16.0 Å². The minimum absolute atomic E-state index is 0.0667. The number of nitrogens with two attached hydrogens (primary N) is 1. The van der Waals surface area contributed by atoms with Crippen LogP contribution in [0.1, 0.15) is 45.6 Å². The van der Waals surface area contributed by atoms with Gasteiger partial charge in [-0.15, -0.1) is 0 Å². The fourth-order valence-electron chi connectivity index (χ4n) is 2.86. The Kier molecular flexibility index (Phi) is 13.3. The molecule has 0 saturated heterocycles. The summed E-state index contributed by atoms with van der Waals surface area (Å²) in [7, 11) is 0. The topological polar surface area (TPSA) is 123 Å². The van der Waals surface area contributed by atoms with Crippen molar-refractivity contribution in [2.45, 2.75) is 62.6 Å². The summed E-state index contributed by atoms with van der Waals surface area (Å²) in [6.07, 6.45) is 2.40. The van der Waals surface area contributed by atoms with Gasteiger partial charge in [0.2, 0.25) is 11.8 Å². The molecule has 0 aliphatic carbocycles. The normalized spacial score (nSPS) is 13.9. The van der Waals surface area contributed by atoms with Gasteiger partial charge < -0.3 is 21.1 Å². The standard InChI is InChI=1S/C22H35IN4O4/c1-15(2)22(30)31-14-25-20(28)18(11-7-8-12-24)27-21(29)19(26-16(3)23)13-17-9-5-4-6-10-17/h4-6,9-10,15-16,18-19,26H,7-8,11-14,24H2,1-3H3,(H,25,28)(H,27,29)/t16?,18-,19-/m0/s1. The van der Waals surface area contributed by atoms with Crippen LogP contribution in [0.2, 0.25) is 0 Å². The Morgan fingerprint density at radius 1 is 1.03 bits per heavy atom. The fourth-order valence-corrected chi connectivity index (χ4v) is 3.29. The first-order chi connectivity index (χ1) is 14.7. The molecular formula is C22H35IN4O4. The molecule has 3 atom stereocenters. The Labute approximate surface area is 198 Å². The van der Waals surface area contributed by atoms with E-state index in [1.165, 1.54) is 0 Å². The van der Waals surface area contributed by atoms with Crippen LogP contribution in [0, 0.1) is 5.92 Å². The summed E-state index contributed by atoms with van der Waals surface area (Å²) >= 11 is 2.21. The summed E-state index contributed by atoms with van der Waals surface area (Å²) in [5.74, 6) is -1.31. The van der Waals surface area contributed by atoms with Crippen molar-refractivity contribution in [2.75, 3.05) is 13.3 Å². The number of alkyl halides is 1. The van der Waals surface area contributed by atoms with E-state index < -0.39 is 18.1 Å². The highest BCUT2D eigenvalue weighted by atomic mass is 127. The van der Waals surface area contributed by atoms with Gasteiger partial charge in [-0.05, 0) is 44.7 Å². The second kappa shape index (κ2) is 15.1. The molecule has 9 heteroatoms. The van der Waals surface area contributed by atoms with E-state index in [1.54, 1.807) is 13.8 Å². The number of nitrogens with one attached hydrogen (secondary N) is 3. The quantitative estimate of drug-likeness (QED) is 0.0706. The average molecular weight is 546 g/mol. The van der Waals surface area contributed by atoms with Gasteiger partial charge in [0.25, 0.3) is 0 Å². The fraction of sp³-hybridized carbons (Fsp3) is 0.591. The maximum atomic E-state index is 13.0. The molecule has 0 aliphatic heterocycles. The molecule has 5 N–H and O–H groups in total. The van der Waals surface area contributed by atoms with Crippen LogP contribution < -0.4 is 21.7 Å². The Hall–Kier alpha value is -1.72. The minimum Gasteiger partial charge on any atom is -0.444 e. The number of rotatable bonds is 14. The van der Waals surface area contributed by atoms with Gasteiger partial charge in [0.05, 0.1) is 16.0 Å². The van der Waals surface area contributed by atoms with Gasteiger partial charge in [0.15, 0.2) is 6.73 Å². The van der Waals surface area contributed by atoms with Gasteiger partial charge in [-0.3, -0.25) is 19.7 Å². The van der Waals surface area contributed by atoms with Gasteiger partial charge in [-0.25, -0.2) is 0 Å². The third-order valence-corrected chi connectivity index (χ3v) is 4.90. The van der Waals surface area contributed by atoms with Crippen LogP contribution in [-0.4, -0.2) is 47.2 Å². The summed E-state index contributed by atoms with van der Waals surface area (Å²) in [5, 5.41) is 8.71. The van der Waals surface area contributed by atoms with Gasteiger partial charge in [-0.2, -0.15) is 0 Å². The zero-order valence-corrected chi connectivity index (χ0v) is 20.7. The first-order valence-corrected chi connectivity index (χ1v) is 11.9. The Morgan fingerprint density at radius 2 is 1.71 bits per heavy atom. The molecule has 0 radical (unpaired) electrons. The van der Waals surface area contributed by atoms with E-state index >= 15 is 0 Å². The summed E-state index contributed by atoms with van der Waals surface area (Å²) < 4.78 is 5.08. The Bertz CT molecular complexity index is 685. The highest BCUT2D eigenvalue weighted by Gasteiger charge is 2.26. The monoisotopic (exact) mass is 546 g/mol. The van der Waals surface area contributed by atoms with Crippen LogP contribution >= 0.6 is 22.6 Å². The number of hydrogen-bond donors (Lipinski definition) is 4. The number of amides is 2. The van der Waals surface area contributed by atoms with Crippen LogP contribution in [0.15, 0.2) is 30.3 Å². The molecule has 0 bridgehead atoms. The lowest BCUT2D eigenvalue weighted by Crippen LogP contribution is -2.54. The first-order valence-electron chi connectivity index (χ1n) is 10.6. The largest absolute Gasteiger partial charge is 0.444 e. The molecule has 2 amide bonds. The number of ether oxygens (including phenoxy) is 1. The Balaban J connectivity index is 2.79. The molecule has 0 saturated carbocycles. The summed E-state index contributed by atoms with van der Waals surface area (Å²) in [6.45, 7) is 5.68. The number of esters is 1. The second-order valence-corrected chi connectivity index (χ2v) is 9.54. The second-order valence-electron chi connectivity index (χ2n) is 7.67. The number of halogens is 1. The molecule has 1 aromatic carbocycles. The third-order valence-electron chi connectivity index (χ3n) is 4.54. The molecule has 0 heterocycles. The van der Waals surface area contributed by atoms with E-state index in [4.69, 9.17) is 10.5 Å². The molecule has 174 valence electrons. The maximum absolute atomic E-state index is 13.0. The van der Waals surface area contributed by atoms with Crippen molar-refractivity contribution < 1.29 is 19.1 Å². The van der Waals surface area contributed by atoms with Crippen molar-refractivity contribution >= 4 is 40.4 Å². The third kappa shape index (κ3) is 11.5.